The first kappa shape index (κ1) is 9.87. The van der Waals surface area contributed by atoms with E-state index in [-0.39, 0.29) is 21.9 Å². The highest BCUT2D eigenvalue weighted by molar-refractivity contribution is 9.10. The molecule has 0 unspecified atom stereocenters. The minimum absolute atomic E-state index is 0.112. The van der Waals surface area contributed by atoms with E-state index in [2.05, 4.69) is 21.9 Å². The van der Waals surface area contributed by atoms with Crippen LogP contribution in [0.3, 0.4) is 0 Å². The smallest absolute Gasteiger partial charge is 0.174 e. The van der Waals surface area contributed by atoms with Gasteiger partial charge in [0, 0.05) is 5.56 Å². The van der Waals surface area contributed by atoms with Crippen molar-refractivity contribution in [3.63, 3.8) is 0 Å². The minimum Gasteiger partial charge on any atom is -0.298 e. The molecule has 0 bridgehead atoms. The van der Waals surface area contributed by atoms with Crippen molar-refractivity contribution in [1.82, 2.24) is 0 Å². The lowest BCUT2D eigenvalue weighted by molar-refractivity contribution is 0.111. The third-order valence-corrected chi connectivity index (χ3v) is 2.23. The van der Waals surface area contributed by atoms with E-state index in [1.165, 1.54) is 0 Å². The second-order valence-electron chi connectivity index (χ2n) is 2.22. The van der Waals surface area contributed by atoms with E-state index < -0.39 is 11.6 Å². The molecule has 0 heterocycles. The van der Waals surface area contributed by atoms with Crippen molar-refractivity contribution in [3.05, 3.63) is 33.3 Å². The number of halogens is 3. The maximum atomic E-state index is 12.9. The fraction of sp³-hybridized carbons (Fsp3) is 0. The molecule has 0 radical (unpaired) electrons. The zero-order chi connectivity index (χ0) is 10.0. The van der Waals surface area contributed by atoms with Gasteiger partial charge >= 0.3 is 0 Å². The summed E-state index contributed by atoms with van der Waals surface area (Å²) < 4.78 is 25.7. The van der Waals surface area contributed by atoms with E-state index >= 15 is 0 Å². The molecule has 0 amide bonds. The van der Waals surface area contributed by atoms with Crippen molar-refractivity contribution in [3.8, 4) is 12.3 Å². The van der Waals surface area contributed by atoms with E-state index in [1.54, 1.807) is 0 Å². The van der Waals surface area contributed by atoms with Crippen LogP contribution in [0.5, 0.6) is 0 Å². The summed E-state index contributed by atoms with van der Waals surface area (Å²) in [7, 11) is 0. The second kappa shape index (κ2) is 3.67. The normalized spacial score (nSPS) is 9.38. The molecule has 1 nitrogen and oxygen atoms in total. The first-order chi connectivity index (χ1) is 6.11. The van der Waals surface area contributed by atoms with Gasteiger partial charge in [-0.1, -0.05) is 5.92 Å². The molecule has 0 saturated carbocycles. The zero-order valence-corrected chi connectivity index (χ0v) is 7.86. The molecule has 0 saturated heterocycles. The standard InChI is InChI=1S/C9H3BrF2O/c1-2-5-3-6(4-13)8(11)9(12)7(5)10/h1,3-4H. The fourth-order valence-electron chi connectivity index (χ4n) is 0.814. The quantitative estimate of drug-likeness (QED) is 0.422. The summed E-state index contributed by atoms with van der Waals surface area (Å²) in [4.78, 5) is 10.3. The number of carbonyl (C=O) groups is 1. The molecule has 0 spiro atoms. The van der Waals surface area contributed by atoms with E-state index in [0.29, 0.717) is 0 Å². The number of aldehydes is 1. The minimum atomic E-state index is -1.19. The summed E-state index contributed by atoms with van der Waals surface area (Å²) in [6.07, 6.45) is 5.22. The summed E-state index contributed by atoms with van der Waals surface area (Å²) in [5, 5.41) is 0. The molecule has 4 heteroatoms. The number of hydrogen-bond donors (Lipinski definition) is 0. The number of carbonyl (C=O) groups excluding carboxylic acids is 1. The van der Waals surface area contributed by atoms with Crippen molar-refractivity contribution >= 4 is 22.2 Å². The van der Waals surface area contributed by atoms with Crippen LogP contribution in [0.1, 0.15) is 15.9 Å². The van der Waals surface area contributed by atoms with E-state index in [1.807, 2.05) is 0 Å². The van der Waals surface area contributed by atoms with E-state index in [0.717, 1.165) is 6.07 Å². The maximum absolute atomic E-state index is 12.9. The molecule has 13 heavy (non-hydrogen) atoms. The molecule has 0 aromatic heterocycles. The average Bonchev–Trinajstić information content (AvgIpc) is 2.15. The highest BCUT2D eigenvalue weighted by Gasteiger charge is 2.14. The Kier molecular flexibility index (Phi) is 2.79. The van der Waals surface area contributed by atoms with Crippen LogP contribution in [-0.4, -0.2) is 6.29 Å². The predicted octanol–water partition coefficient (Wildman–Crippen LogP) is 2.52. The number of hydrogen-bond acceptors (Lipinski definition) is 1. The summed E-state index contributed by atoms with van der Waals surface area (Å²) in [6.45, 7) is 0. The summed E-state index contributed by atoms with van der Waals surface area (Å²) in [6, 6.07) is 1.11. The molecule has 66 valence electrons. The Balaban J connectivity index is 3.56. The number of rotatable bonds is 1. The predicted molar refractivity (Wildman–Crippen MR) is 47.4 cm³/mol. The molecule has 0 aliphatic carbocycles. The molecule has 0 fully saturated rings. The van der Waals surface area contributed by atoms with Crippen LogP contribution >= 0.6 is 15.9 Å². The van der Waals surface area contributed by atoms with Crippen LogP contribution in [-0.2, 0) is 0 Å². The molecule has 1 aromatic carbocycles. The Morgan fingerprint density at radius 3 is 2.54 bits per heavy atom. The topological polar surface area (TPSA) is 17.1 Å². The first-order valence-electron chi connectivity index (χ1n) is 3.21. The van der Waals surface area contributed by atoms with Gasteiger partial charge in [-0.2, -0.15) is 0 Å². The van der Waals surface area contributed by atoms with Gasteiger partial charge in [0.1, 0.15) is 0 Å². The highest BCUT2D eigenvalue weighted by Crippen LogP contribution is 2.24. The monoisotopic (exact) mass is 244 g/mol. The molecule has 0 aliphatic heterocycles. The third kappa shape index (κ3) is 1.61. The lowest BCUT2D eigenvalue weighted by atomic mass is 10.1. The average molecular weight is 245 g/mol. The molecule has 0 aliphatic rings. The van der Waals surface area contributed by atoms with Gasteiger partial charge in [0.05, 0.1) is 10.0 Å². The Bertz CT molecular complexity index is 407. The molecule has 0 N–H and O–H groups in total. The lowest BCUT2D eigenvalue weighted by Gasteiger charge is -2.01. The maximum Gasteiger partial charge on any atom is 0.174 e. The van der Waals surface area contributed by atoms with Gasteiger partial charge in [-0.3, -0.25) is 4.79 Å². The van der Waals surface area contributed by atoms with Gasteiger partial charge in [-0.05, 0) is 22.0 Å². The molecule has 0 atom stereocenters. The van der Waals surface area contributed by atoms with E-state index in [4.69, 9.17) is 6.42 Å². The van der Waals surface area contributed by atoms with Crippen LogP contribution in [0.15, 0.2) is 10.5 Å². The third-order valence-electron chi connectivity index (χ3n) is 1.46. The van der Waals surface area contributed by atoms with Crippen molar-refractivity contribution < 1.29 is 13.6 Å². The Labute approximate surface area is 81.9 Å². The number of benzene rings is 1. The Hall–Kier alpha value is -1.21. The summed E-state index contributed by atoms with van der Waals surface area (Å²) in [5.74, 6) is -0.209. The van der Waals surface area contributed by atoms with Crippen LogP contribution in [0.2, 0.25) is 0 Å². The molecule has 1 rings (SSSR count). The van der Waals surface area contributed by atoms with Gasteiger partial charge in [0.15, 0.2) is 17.9 Å². The van der Waals surface area contributed by atoms with Crippen LogP contribution in [0, 0.1) is 24.0 Å². The summed E-state index contributed by atoms with van der Waals surface area (Å²) in [5.41, 5.74) is -0.269. The Morgan fingerprint density at radius 1 is 1.46 bits per heavy atom. The molecular weight excluding hydrogens is 242 g/mol. The van der Waals surface area contributed by atoms with E-state index in [9.17, 15) is 13.6 Å². The number of terminal acetylenes is 1. The van der Waals surface area contributed by atoms with Crippen LogP contribution in [0.4, 0.5) is 8.78 Å². The van der Waals surface area contributed by atoms with Gasteiger partial charge in [-0.25, -0.2) is 8.78 Å². The van der Waals surface area contributed by atoms with Gasteiger partial charge in [0.2, 0.25) is 0 Å². The largest absolute Gasteiger partial charge is 0.298 e. The highest BCUT2D eigenvalue weighted by atomic mass is 79.9. The second-order valence-corrected chi connectivity index (χ2v) is 3.01. The molecule has 1 aromatic rings. The Morgan fingerprint density at radius 2 is 2.08 bits per heavy atom. The van der Waals surface area contributed by atoms with Gasteiger partial charge in [-0.15, -0.1) is 6.42 Å². The SMILES string of the molecule is C#Cc1cc(C=O)c(F)c(F)c1Br. The van der Waals surface area contributed by atoms with Gasteiger partial charge < -0.3 is 0 Å². The van der Waals surface area contributed by atoms with Crippen LogP contribution in [0.25, 0.3) is 0 Å². The zero-order valence-electron chi connectivity index (χ0n) is 6.27. The van der Waals surface area contributed by atoms with Crippen molar-refractivity contribution in [2.24, 2.45) is 0 Å². The van der Waals surface area contributed by atoms with Crippen molar-refractivity contribution in [2.45, 2.75) is 0 Å². The van der Waals surface area contributed by atoms with Gasteiger partial charge in [0.25, 0.3) is 0 Å². The summed E-state index contributed by atoms with van der Waals surface area (Å²) >= 11 is 2.78. The lowest BCUT2D eigenvalue weighted by Crippen LogP contribution is -1.96. The van der Waals surface area contributed by atoms with Crippen molar-refractivity contribution in [2.75, 3.05) is 0 Å². The van der Waals surface area contributed by atoms with Crippen molar-refractivity contribution in [1.29, 1.82) is 0 Å². The fourth-order valence-corrected chi connectivity index (χ4v) is 1.22. The molecular formula is C9H3BrF2O. The first-order valence-corrected chi connectivity index (χ1v) is 4.00. The van der Waals surface area contributed by atoms with Crippen LogP contribution < -0.4 is 0 Å².